The fourth-order valence-corrected chi connectivity index (χ4v) is 6.70. The summed E-state index contributed by atoms with van der Waals surface area (Å²) in [6, 6.07) is 12.0. The Morgan fingerprint density at radius 1 is 1.22 bits per heavy atom. The summed E-state index contributed by atoms with van der Waals surface area (Å²) in [6.45, 7) is 9.08. The third-order valence-electron chi connectivity index (χ3n) is 8.03. The number of carbonyl (C=O) groups is 2. The molecule has 5 heterocycles. The first kappa shape index (κ1) is 30.7. The summed E-state index contributed by atoms with van der Waals surface area (Å²) in [7, 11) is 0. The molecule has 12 heteroatoms. The largest absolute Gasteiger partial charge is 0.443 e. The van der Waals surface area contributed by atoms with E-state index in [0.29, 0.717) is 48.9 Å². The molecule has 1 unspecified atom stereocenters. The number of nitrogens with one attached hydrogen (secondary N) is 2. The van der Waals surface area contributed by atoms with Crippen LogP contribution in [0.1, 0.15) is 55.3 Å². The number of aromatic nitrogens is 3. The second kappa shape index (κ2) is 13.0. The summed E-state index contributed by atoms with van der Waals surface area (Å²) in [4.78, 5) is 39.0. The van der Waals surface area contributed by atoms with Gasteiger partial charge in [0.15, 0.2) is 12.2 Å². The average molecular weight is 628 g/mol. The number of ether oxygens (including phenoxy) is 1. The molecule has 4 aromatic rings. The molecule has 2 amide bonds. The molecule has 234 valence electrons. The van der Waals surface area contributed by atoms with Crippen LogP contribution in [-0.2, 0) is 22.6 Å². The summed E-state index contributed by atoms with van der Waals surface area (Å²) in [5.41, 5.74) is 2.54. The van der Waals surface area contributed by atoms with Crippen LogP contribution < -0.4 is 10.6 Å². The highest BCUT2D eigenvalue weighted by Crippen LogP contribution is 2.31. The van der Waals surface area contributed by atoms with Crippen LogP contribution >= 0.6 is 11.3 Å². The van der Waals surface area contributed by atoms with Gasteiger partial charge in [0.2, 0.25) is 5.95 Å². The fraction of sp³-hybridized carbons (Fsp3) is 0.424. The molecule has 45 heavy (non-hydrogen) atoms. The van der Waals surface area contributed by atoms with Gasteiger partial charge in [-0.25, -0.2) is 9.97 Å². The number of oxazole rings is 1. The molecule has 2 aliphatic rings. The minimum atomic E-state index is -0.305. The van der Waals surface area contributed by atoms with Crippen LogP contribution in [0.15, 0.2) is 59.0 Å². The van der Waals surface area contributed by atoms with E-state index in [-0.39, 0.29) is 28.8 Å². The summed E-state index contributed by atoms with van der Waals surface area (Å²) >= 11 is 1.31. The molecule has 0 bridgehead atoms. The summed E-state index contributed by atoms with van der Waals surface area (Å²) < 4.78 is 12.9. The van der Waals surface area contributed by atoms with Crippen LogP contribution in [0.4, 0.5) is 5.95 Å². The van der Waals surface area contributed by atoms with Crippen molar-refractivity contribution in [2.75, 3.05) is 25.1 Å². The standard InChI is InChI=1S/C33H37N7O4S/c1-33(2,3)14-22(15-34)31(42)39-11-4-5-24(39)18-40-26-7-6-21(16-36-23-10-12-43-19-23)13-25(26)37-32(40)38-30(41)29-9-8-28(45-29)27-17-35-20-44-27/h6-9,13-14,17,20,23-24,36H,4-5,10-12,16,18-19H2,1-3H3,(H,37,38,41)/t23?,24-/m1/s1. The Hall–Kier alpha value is -4.31. The Balaban J connectivity index is 1.29. The predicted octanol–water partition coefficient (Wildman–Crippen LogP) is 5.37. The second-order valence-electron chi connectivity index (χ2n) is 12.6. The molecular weight excluding hydrogens is 590 g/mol. The molecule has 6 rings (SSSR count). The van der Waals surface area contributed by atoms with Crippen molar-refractivity contribution < 1.29 is 18.7 Å². The number of benzene rings is 1. The topological polar surface area (TPSA) is 138 Å². The maximum Gasteiger partial charge on any atom is 0.268 e. The Labute approximate surface area is 265 Å². The first-order valence-electron chi connectivity index (χ1n) is 15.2. The molecule has 2 N–H and O–H groups in total. The van der Waals surface area contributed by atoms with Crippen molar-refractivity contribution in [3.05, 3.63) is 65.0 Å². The normalized spacial score (nSPS) is 18.9. The highest BCUT2D eigenvalue weighted by Gasteiger charge is 2.33. The first-order valence-corrected chi connectivity index (χ1v) is 16.0. The molecular formula is C33H37N7O4S. The highest BCUT2D eigenvalue weighted by molar-refractivity contribution is 7.17. The van der Waals surface area contributed by atoms with Gasteiger partial charge in [-0.1, -0.05) is 32.9 Å². The molecule has 0 saturated carbocycles. The summed E-state index contributed by atoms with van der Waals surface area (Å²) in [5.74, 6) is 0.459. The quantitative estimate of drug-likeness (QED) is 0.187. The minimum absolute atomic E-state index is 0.156. The molecule has 0 aliphatic carbocycles. The molecule has 2 saturated heterocycles. The molecule has 11 nitrogen and oxygen atoms in total. The Bertz CT molecular complexity index is 1750. The number of nitrogens with zero attached hydrogens (tertiary/aromatic N) is 5. The van der Waals surface area contributed by atoms with Gasteiger partial charge < -0.3 is 23.9 Å². The van der Waals surface area contributed by atoms with E-state index in [9.17, 15) is 14.9 Å². The van der Waals surface area contributed by atoms with E-state index < -0.39 is 0 Å². The molecule has 3 aromatic heterocycles. The van der Waals surface area contributed by atoms with Crippen molar-refractivity contribution in [1.29, 1.82) is 5.26 Å². The van der Waals surface area contributed by atoms with Crippen LogP contribution in [0.25, 0.3) is 21.7 Å². The zero-order chi connectivity index (χ0) is 31.6. The number of hydrogen-bond acceptors (Lipinski definition) is 9. The van der Waals surface area contributed by atoms with Crippen LogP contribution in [0.3, 0.4) is 0 Å². The van der Waals surface area contributed by atoms with E-state index in [0.717, 1.165) is 47.3 Å². The van der Waals surface area contributed by atoms with Crippen molar-refractivity contribution in [2.45, 2.75) is 65.2 Å². The van der Waals surface area contributed by atoms with E-state index in [1.165, 1.54) is 17.7 Å². The Kier molecular flexibility index (Phi) is 8.85. The summed E-state index contributed by atoms with van der Waals surface area (Å²) in [5, 5.41) is 16.4. The number of nitriles is 1. The van der Waals surface area contributed by atoms with Gasteiger partial charge >= 0.3 is 0 Å². The maximum atomic E-state index is 13.5. The van der Waals surface area contributed by atoms with Gasteiger partial charge in [-0.15, -0.1) is 11.3 Å². The minimum Gasteiger partial charge on any atom is -0.443 e. The Morgan fingerprint density at radius 3 is 2.82 bits per heavy atom. The number of rotatable bonds is 9. The summed E-state index contributed by atoms with van der Waals surface area (Å²) in [6.07, 6.45) is 7.32. The number of amides is 2. The highest BCUT2D eigenvalue weighted by atomic mass is 32.1. The third-order valence-corrected chi connectivity index (χ3v) is 9.13. The maximum absolute atomic E-state index is 13.5. The monoisotopic (exact) mass is 627 g/mol. The van der Waals surface area contributed by atoms with Crippen LogP contribution in [0.5, 0.6) is 0 Å². The van der Waals surface area contributed by atoms with E-state index in [1.807, 2.05) is 43.5 Å². The molecule has 2 fully saturated rings. The first-order chi connectivity index (χ1) is 21.7. The Morgan fingerprint density at radius 2 is 2.09 bits per heavy atom. The van der Waals surface area contributed by atoms with Gasteiger partial charge in [0.1, 0.15) is 11.6 Å². The molecule has 1 aromatic carbocycles. The number of likely N-dealkylation sites (tertiary alicyclic amines) is 1. The van der Waals surface area contributed by atoms with Crippen molar-refractivity contribution in [3.8, 4) is 16.7 Å². The number of fused-ring (bicyclic) bond motifs is 1. The molecule has 2 aliphatic heterocycles. The van der Waals surface area contributed by atoms with Gasteiger partial charge in [-0.3, -0.25) is 14.9 Å². The number of anilines is 1. The lowest BCUT2D eigenvalue weighted by Gasteiger charge is -2.26. The molecule has 0 spiro atoms. The lowest BCUT2D eigenvalue weighted by molar-refractivity contribution is -0.127. The van der Waals surface area contributed by atoms with Crippen molar-refractivity contribution in [1.82, 2.24) is 24.8 Å². The predicted molar refractivity (Wildman–Crippen MR) is 171 cm³/mol. The third kappa shape index (κ3) is 7.01. The van der Waals surface area contributed by atoms with Gasteiger partial charge in [0, 0.05) is 32.3 Å². The van der Waals surface area contributed by atoms with Gasteiger partial charge in [0.05, 0.1) is 39.6 Å². The van der Waals surface area contributed by atoms with Crippen molar-refractivity contribution >= 4 is 40.1 Å². The average Bonchev–Trinajstić information content (AvgIpc) is 3.85. The zero-order valence-corrected chi connectivity index (χ0v) is 26.5. The molecule has 2 atom stereocenters. The number of thiophene rings is 1. The lowest BCUT2D eigenvalue weighted by Crippen LogP contribution is -2.39. The fourth-order valence-electron chi connectivity index (χ4n) is 5.85. The zero-order valence-electron chi connectivity index (χ0n) is 25.7. The van der Waals surface area contributed by atoms with Crippen LogP contribution in [-0.4, -0.2) is 63.1 Å². The van der Waals surface area contributed by atoms with Gasteiger partial charge in [-0.2, -0.15) is 5.26 Å². The number of carbonyl (C=O) groups excluding carboxylic acids is 2. The SMILES string of the molecule is CC(C)(C)C=C(C#N)C(=O)N1CCC[C@@H]1Cn1c(NC(=O)c2ccc(-c3cnco3)s2)nc2cc(CNC3CCOC3)ccc21. The number of allylic oxidation sites excluding steroid dienone is 1. The van der Waals surface area contributed by atoms with Crippen LogP contribution in [0.2, 0.25) is 0 Å². The van der Waals surface area contributed by atoms with Gasteiger partial charge in [0.25, 0.3) is 11.8 Å². The van der Waals surface area contributed by atoms with Crippen molar-refractivity contribution in [3.63, 3.8) is 0 Å². The number of hydrogen-bond donors (Lipinski definition) is 2. The van der Waals surface area contributed by atoms with Crippen LogP contribution in [0, 0.1) is 16.7 Å². The number of imidazole rings is 1. The van der Waals surface area contributed by atoms with Gasteiger partial charge in [-0.05, 0) is 54.5 Å². The van der Waals surface area contributed by atoms with E-state index >= 15 is 0 Å². The van der Waals surface area contributed by atoms with E-state index in [1.54, 1.807) is 23.2 Å². The van der Waals surface area contributed by atoms with E-state index in [4.69, 9.17) is 14.1 Å². The molecule has 0 radical (unpaired) electrons. The lowest BCUT2D eigenvalue weighted by atomic mass is 9.93. The second-order valence-corrected chi connectivity index (χ2v) is 13.7. The van der Waals surface area contributed by atoms with Crippen molar-refractivity contribution in [2.24, 2.45) is 5.41 Å². The van der Waals surface area contributed by atoms with E-state index in [2.05, 4.69) is 27.8 Å². The smallest absolute Gasteiger partial charge is 0.268 e.